The zero-order valence-electron chi connectivity index (χ0n) is 15.2. The number of hydrogen-bond donors (Lipinski definition) is 1. The van der Waals surface area contributed by atoms with E-state index in [2.05, 4.69) is 11.4 Å². The fourth-order valence-corrected chi connectivity index (χ4v) is 3.60. The normalized spacial score (nSPS) is 10.4. The van der Waals surface area contributed by atoms with Crippen molar-refractivity contribution in [1.29, 1.82) is 5.26 Å². The van der Waals surface area contributed by atoms with E-state index in [1.54, 1.807) is 31.0 Å². The van der Waals surface area contributed by atoms with Crippen LogP contribution in [0.25, 0.3) is 21.7 Å². The monoisotopic (exact) mass is 387 g/mol. The molecule has 3 aromatic heterocycles. The van der Waals surface area contributed by atoms with Crippen molar-refractivity contribution >= 4 is 17.2 Å². The number of nitrogens with one attached hydrogen (secondary N) is 1. The first-order chi connectivity index (χ1) is 13.8. The molecule has 0 atom stereocenters. The summed E-state index contributed by atoms with van der Waals surface area (Å²) in [4.78, 5) is 5.77. The second kappa shape index (κ2) is 7.99. The Kier molecular flexibility index (Phi) is 5.09. The zero-order valence-corrected chi connectivity index (χ0v) is 16.0. The first kappa shape index (κ1) is 17.8. The number of methoxy groups -OCH3 is 1. The van der Waals surface area contributed by atoms with E-state index in [0.717, 1.165) is 33.0 Å². The fraction of sp³-hybridized carbons (Fsp3) is 0.0909. The Morgan fingerprint density at radius 1 is 1.21 bits per heavy atom. The number of nitriles is 1. The molecule has 1 aromatic carbocycles. The third-order valence-corrected chi connectivity index (χ3v) is 5.25. The lowest BCUT2D eigenvalue weighted by atomic mass is 10.0. The molecular weight excluding hydrogens is 370 g/mol. The lowest BCUT2D eigenvalue weighted by Crippen LogP contribution is -2.05. The lowest BCUT2D eigenvalue weighted by molar-refractivity contribution is 0.414. The largest absolute Gasteiger partial charge is 0.497 e. The van der Waals surface area contributed by atoms with Crippen molar-refractivity contribution in [2.75, 3.05) is 12.4 Å². The number of thiophene rings is 1. The molecule has 0 saturated carbocycles. The highest BCUT2D eigenvalue weighted by Gasteiger charge is 2.16. The summed E-state index contributed by atoms with van der Waals surface area (Å²) >= 11 is 1.61. The summed E-state index contributed by atoms with van der Waals surface area (Å²) in [6, 6.07) is 17.9. The lowest BCUT2D eigenvalue weighted by Gasteiger charge is -2.13. The highest BCUT2D eigenvalue weighted by molar-refractivity contribution is 7.13. The number of aromatic nitrogens is 1. The number of pyridine rings is 1. The second-order valence-corrected chi connectivity index (χ2v) is 7.03. The van der Waals surface area contributed by atoms with Crippen molar-refractivity contribution in [3.63, 3.8) is 0 Å². The summed E-state index contributed by atoms with van der Waals surface area (Å²) < 4.78 is 10.4. The van der Waals surface area contributed by atoms with E-state index < -0.39 is 0 Å². The molecule has 6 heteroatoms. The van der Waals surface area contributed by atoms with Crippen LogP contribution in [0.15, 0.2) is 70.9 Å². The molecule has 5 nitrogen and oxygen atoms in total. The number of benzene rings is 1. The molecule has 0 aliphatic carbocycles. The van der Waals surface area contributed by atoms with Gasteiger partial charge in [-0.25, -0.2) is 4.98 Å². The number of hydrogen-bond acceptors (Lipinski definition) is 6. The number of nitrogens with zero attached hydrogens (tertiary/aromatic N) is 2. The van der Waals surface area contributed by atoms with Gasteiger partial charge in [-0.05, 0) is 41.3 Å². The molecule has 0 fully saturated rings. The summed E-state index contributed by atoms with van der Waals surface area (Å²) in [6.45, 7) is 0.546. The van der Waals surface area contributed by atoms with Gasteiger partial charge < -0.3 is 14.5 Å². The van der Waals surface area contributed by atoms with Gasteiger partial charge in [0.05, 0.1) is 30.2 Å². The fourth-order valence-electron chi connectivity index (χ4n) is 2.91. The van der Waals surface area contributed by atoms with Crippen LogP contribution in [0.1, 0.15) is 11.1 Å². The Balaban J connectivity index is 1.73. The molecule has 0 spiro atoms. The van der Waals surface area contributed by atoms with Crippen molar-refractivity contribution in [2.24, 2.45) is 0 Å². The van der Waals surface area contributed by atoms with Gasteiger partial charge >= 0.3 is 0 Å². The number of rotatable bonds is 6. The number of furan rings is 1. The third kappa shape index (κ3) is 3.61. The minimum atomic E-state index is 0.496. The summed E-state index contributed by atoms with van der Waals surface area (Å²) in [5.74, 6) is 1.36. The Bertz CT molecular complexity index is 1100. The van der Waals surface area contributed by atoms with E-state index in [1.807, 2.05) is 53.9 Å². The van der Waals surface area contributed by atoms with Crippen LogP contribution in [0.2, 0.25) is 0 Å². The Hall–Kier alpha value is -3.56. The summed E-state index contributed by atoms with van der Waals surface area (Å²) in [6.07, 6.45) is 3.24. The molecule has 0 unspecified atom stereocenters. The van der Waals surface area contributed by atoms with E-state index in [1.165, 1.54) is 0 Å². The molecule has 0 aliphatic heterocycles. The average Bonchev–Trinajstić information content (AvgIpc) is 3.46. The van der Waals surface area contributed by atoms with E-state index in [0.29, 0.717) is 17.9 Å². The van der Waals surface area contributed by atoms with Gasteiger partial charge in [0.15, 0.2) is 0 Å². The molecule has 0 amide bonds. The third-order valence-electron chi connectivity index (χ3n) is 4.36. The van der Waals surface area contributed by atoms with Gasteiger partial charge in [-0.15, -0.1) is 11.3 Å². The van der Waals surface area contributed by atoms with Crippen LogP contribution in [-0.4, -0.2) is 12.1 Å². The van der Waals surface area contributed by atoms with E-state index in [9.17, 15) is 5.26 Å². The zero-order chi connectivity index (χ0) is 19.3. The molecule has 1 N–H and O–H groups in total. The highest BCUT2D eigenvalue weighted by Crippen LogP contribution is 2.34. The maximum atomic E-state index is 9.81. The highest BCUT2D eigenvalue weighted by atomic mass is 32.1. The van der Waals surface area contributed by atoms with Gasteiger partial charge in [-0.2, -0.15) is 5.26 Å². The summed E-state index contributed by atoms with van der Waals surface area (Å²) in [5, 5.41) is 15.1. The molecule has 4 rings (SSSR count). The first-order valence-corrected chi connectivity index (χ1v) is 9.55. The molecule has 0 saturated heterocycles. The van der Waals surface area contributed by atoms with Gasteiger partial charge in [0.25, 0.3) is 0 Å². The smallest absolute Gasteiger partial charge is 0.145 e. The van der Waals surface area contributed by atoms with Crippen LogP contribution in [0.3, 0.4) is 0 Å². The van der Waals surface area contributed by atoms with Crippen molar-refractivity contribution in [2.45, 2.75) is 6.54 Å². The van der Waals surface area contributed by atoms with Crippen LogP contribution in [-0.2, 0) is 6.54 Å². The number of anilines is 1. The average molecular weight is 387 g/mol. The van der Waals surface area contributed by atoms with Gasteiger partial charge in [-0.3, -0.25) is 0 Å². The van der Waals surface area contributed by atoms with Crippen LogP contribution in [0.4, 0.5) is 5.82 Å². The van der Waals surface area contributed by atoms with Gasteiger partial charge in [-0.1, -0.05) is 18.2 Å². The van der Waals surface area contributed by atoms with E-state index in [-0.39, 0.29) is 0 Å². The summed E-state index contributed by atoms with van der Waals surface area (Å²) in [7, 11) is 1.64. The van der Waals surface area contributed by atoms with Crippen molar-refractivity contribution in [3.05, 3.63) is 77.6 Å². The molecule has 0 radical (unpaired) electrons. The SMILES string of the molecule is COc1ccc(CNc2nc(-c3cccs3)cc(-c3ccoc3)c2C#N)cc1. The number of ether oxygens (including phenoxy) is 1. The maximum absolute atomic E-state index is 9.81. The van der Waals surface area contributed by atoms with E-state index >= 15 is 0 Å². The van der Waals surface area contributed by atoms with Crippen LogP contribution in [0.5, 0.6) is 5.75 Å². The molecule has 28 heavy (non-hydrogen) atoms. The Labute approximate surface area is 166 Å². The topological polar surface area (TPSA) is 71.1 Å². The van der Waals surface area contributed by atoms with Crippen molar-refractivity contribution in [1.82, 2.24) is 4.98 Å². The predicted octanol–water partition coefficient (Wildman–Crippen LogP) is 5.56. The van der Waals surface area contributed by atoms with Gasteiger partial charge in [0.2, 0.25) is 0 Å². The van der Waals surface area contributed by atoms with Gasteiger partial charge in [0.1, 0.15) is 23.2 Å². The minimum absolute atomic E-state index is 0.496. The molecule has 0 bridgehead atoms. The standard InChI is InChI=1S/C22H17N3O2S/c1-26-17-6-4-15(5-7-17)13-24-22-19(12-23)18(16-8-9-27-14-16)11-20(25-22)21-3-2-10-28-21/h2-11,14H,13H2,1H3,(H,24,25). The Morgan fingerprint density at radius 2 is 2.07 bits per heavy atom. The van der Waals surface area contributed by atoms with Crippen molar-refractivity contribution in [3.8, 4) is 33.5 Å². The van der Waals surface area contributed by atoms with E-state index in [4.69, 9.17) is 14.1 Å². The Morgan fingerprint density at radius 3 is 2.71 bits per heavy atom. The van der Waals surface area contributed by atoms with Crippen molar-refractivity contribution < 1.29 is 9.15 Å². The van der Waals surface area contributed by atoms with Crippen LogP contribution < -0.4 is 10.1 Å². The van der Waals surface area contributed by atoms with Crippen LogP contribution in [0, 0.1) is 11.3 Å². The minimum Gasteiger partial charge on any atom is -0.497 e. The molecule has 0 aliphatic rings. The molecule has 3 heterocycles. The first-order valence-electron chi connectivity index (χ1n) is 8.67. The molecule has 138 valence electrons. The van der Waals surface area contributed by atoms with Crippen LogP contribution >= 0.6 is 11.3 Å². The molecule has 4 aromatic rings. The summed E-state index contributed by atoms with van der Waals surface area (Å²) in [5.41, 5.74) is 4.03. The molecular formula is C22H17N3O2S. The maximum Gasteiger partial charge on any atom is 0.145 e. The van der Waals surface area contributed by atoms with Gasteiger partial charge in [0, 0.05) is 17.7 Å². The predicted molar refractivity (Wildman–Crippen MR) is 110 cm³/mol. The quantitative estimate of drug-likeness (QED) is 0.469. The second-order valence-electron chi connectivity index (χ2n) is 6.08.